The van der Waals surface area contributed by atoms with Gasteiger partial charge in [-0.05, 0) is 42.2 Å². The summed E-state index contributed by atoms with van der Waals surface area (Å²) < 4.78 is 16.1. The molecule has 1 fully saturated rings. The van der Waals surface area contributed by atoms with Crippen LogP contribution >= 0.6 is 0 Å². The SMILES string of the molecule is COC(=O)[C@@]1(NC(=O)c2ccccc2)C2C=CC(C2)[C@@H]1c1ccc(OC)c(OC)c1. The lowest BCUT2D eigenvalue weighted by atomic mass is 9.71. The van der Waals surface area contributed by atoms with Crippen molar-refractivity contribution < 1.29 is 23.8 Å². The highest BCUT2D eigenvalue weighted by Gasteiger charge is 2.62. The van der Waals surface area contributed by atoms with Gasteiger partial charge in [-0.25, -0.2) is 4.79 Å². The lowest BCUT2D eigenvalue weighted by molar-refractivity contribution is -0.150. The van der Waals surface area contributed by atoms with Crippen molar-refractivity contribution in [2.75, 3.05) is 21.3 Å². The molecular formula is C24H25NO5. The summed E-state index contributed by atoms with van der Waals surface area (Å²) in [7, 11) is 4.52. The van der Waals surface area contributed by atoms with Gasteiger partial charge < -0.3 is 19.5 Å². The number of hydrogen-bond acceptors (Lipinski definition) is 5. The average molecular weight is 407 g/mol. The molecule has 0 radical (unpaired) electrons. The van der Waals surface area contributed by atoms with Crippen molar-refractivity contribution in [3.63, 3.8) is 0 Å². The summed E-state index contributed by atoms with van der Waals surface area (Å²) in [5.74, 6) is 0.110. The van der Waals surface area contributed by atoms with E-state index in [4.69, 9.17) is 14.2 Å². The predicted molar refractivity (Wildman–Crippen MR) is 112 cm³/mol. The van der Waals surface area contributed by atoms with Crippen LogP contribution in [0.4, 0.5) is 0 Å². The van der Waals surface area contributed by atoms with Crippen LogP contribution < -0.4 is 14.8 Å². The topological polar surface area (TPSA) is 73.9 Å². The zero-order valence-corrected chi connectivity index (χ0v) is 17.3. The van der Waals surface area contributed by atoms with E-state index in [2.05, 4.69) is 11.4 Å². The first-order valence-corrected chi connectivity index (χ1v) is 9.91. The van der Waals surface area contributed by atoms with E-state index < -0.39 is 11.5 Å². The summed E-state index contributed by atoms with van der Waals surface area (Å²) in [4.78, 5) is 26.3. The van der Waals surface area contributed by atoms with E-state index in [0.717, 1.165) is 12.0 Å². The van der Waals surface area contributed by atoms with Gasteiger partial charge in [0.2, 0.25) is 0 Å². The number of methoxy groups -OCH3 is 3. The van der Waals surface area contributed by atoms with Gasteiger partial charge in [0.1, 0.15) is 0 Å². The third kappa shape index (κ3) is 3.03. The first kappa shape index (κ1) is 20.0. The maximum Gasteiger partial charge on any atom is 0.332 e. The Balaban J connectivity index is 1.81. The van der Waals surface area contributed by atoms with Gasteiger partial charge >= 0.3 is 5.97 Å². The molecule has 4 atom stereocenters. The Morgan fingerprint density at radius 2 is 1.70 bits per heavy atom. The van der Waals surface area contributed by atoms with Gasteiger partial charge in [-0.1, -0.05) is 36.4 Å². The summed E-state index contributed by atoms with van der Waals surface area (Å²) in [6.45, 7) is 0. The van der Waals surface area contributed by atoms with E-state index in [1.165, 1.54) is 7.11 Å². The molecule has 1 N–H and O–H groups in total. The zero-order valence-electron chi connectivity index (χ0n) is 17.3. The van der Waals surface area contributed by atoms with E-state index in [1.54, 1.807) is 38.5 Å². The lowest BCUT2D eigenvalue weighted by Crippen LogP contribution is -2.61. The van der Waals surface area contributed by atoms with Gasteiger partial charge in [0.15, 0.2) is 17.0 Å². The molecule has 0 aromatic heterocycles. The van der Waals surface area contributed by atoms with Crippen molar-refractivity contribution in [3.05, 3.63) is 71.8 Å². The van der Waals surface area contributed by atoms with Crippen LogP contribution in [0.3, 0.4) is 0 Å². The standard InChI is InChI=1S/C24H25NO5/c1-28-19-12-10-17(14-20(19)29-2)21-16-9-11-18(13-16)24(21,23(27)30-3)25-22(26)15-7-5-4-6-8-15/h4-12,14,16,18,21H,13H2,1-3H3,(H,25,26)/t16?,18?,21-,24-/m1/s1. The van der Waals surface area contributed by atoms with Crippen molar-refractivity contribution in [2.24, 2.45) is 11.8 Å². The molecule has 6 heteroatoms. The minimum atomic E-state index is -1.19. The van der Waals surface area contributed by atoms with Crippen LogP contribution in [0.15, 0.2) is 60.7 Å². The van der Waals surface area contributed by atoms with Crippen LogP contribution in [0.25, 0.3) is 0 Å². The summed E-state index contributed by atoms with van der Waals surface area (Å²) in [5, 5.41) is 3.07. The molecule has 2 aromatic rings. The maximum absolute atomic E-state index is 13.2. The minimum absolute atomic E-state index is 0.100. The fourth-order valence-electron chi connectivity index (χ4n) is 4.95. The van der Waals surface area contributed by atoms with Crippen molar-refractivity contribution >= 4 is 11.9 Å². The molecule has 2 aliphatic carbocycles. The summed E-state index contributed by atoms with van der Waals surface area (Å²) in [5.41, 5.74) is 0.197. The number of rotatable bonds is 6. The number of nitrogens with one attached hydrogen (secondary N) is 1. The van der Waals surface area contributed by atoms with Crippen molar-refractivity contribution in [2.45, 2.75) is 17.9 Å². The molecule has 0 heterocycles. The summed E-state index contributed by atoms with van der Waals surface area (Å²) in [6.07, 6.45) is 4.91. The first-order valence-electron chi connectivity index (χ1n) is 9.91. The Morgan fingerprint density at radius 3 is 2.37 bits per heavy atom. The lowest BCUT2D eigenvalue weighted by Gasteiger charge is -2.40. The molecule has 2 aromatic carbocycles. The molecular weight excluding hydrogens is 382 g/mol. The fraction of sp³-hybridized carbons (Fsp3) is 0.333. The molecule has 0 aliphatic heterocycles. The van der Waals surface area contributed by atoms with Crippen molar-refractivity contribution in [1.82, 2.24) is 5.32 Å². The third-order valence-corrected chi connectivity index (χ3v) is 6.27. The number of carbonyl (C=O) groups excluding carboxylic acids is 2. The van der Waals surface area contributed by atoms with Crippen LogP contribution in [-0.2, 0) is 9.53 Å². The molecule has 4 rings (SSSR count). The quantitative estimate of drug-likeness (QED) is 0.587. The Morgan fingerprint density at radius 1 is 0.967 bits per heavy atom. The molecule has 2 bridgehead atoms. The number of carbonyl (C=O) groups is 2. The second kappa shape index (κ2) is 7.86. The summed E-state index contributed by atoms with van der Waals surface area (Å²) in [6, 6.07) is 14.5. The largest absolute Gasteiger partial charge is 0.493 e. The second-order valence-corrected chi connectivity index (χ2v) is 7.66. The molecule has 2 unspecified atom stereocenters. The highest BCUT2D eigenvalue weighted by atomic mass is 16.5. The van der Waals surface area contributed by atoms with Gasteiger partial charge in [-0.2, -0.15) is 0 Å². The Kier molecular flexibility index (Phi) is 5.24. The van der Waals surface area contributed by atoms with E-state index in [-0.39, 0.29) is 23.7 Å². The van der Waals surface area contributed by atoms with E-state index in [1.807, 2.05) is 30.3 Å². The molecule has 0 spiro atoms. The van der Waals surface area contributed by atoms with Gasteiger partial charge in [0.25, 0.3) is 5.91 Å². The van der Waals surface area contributed by atoms with Crippen LogP contribution in [0, 0.1) is 11.8 Å². The van der Waals surface area contributed by atoms with Gasteiger partial charge in [-0.3, -0.25) is 4.79 Å². The summed E-state index contributed by atoms with van der Waals surface area (Å²) >= 11 is 0. The highest BCUT2D eigenvalue weighted by Crippen LogP contribution is 2.56. The zero-order chi connectivity index (χ0) is 21.3. The van der Waals surface area contributed by atoms with E-state index in [0.29, 0.717) is 17.1 Å². The predicted octanol–water partition coefficient (Wildman–Crippen LogP) is 3.34. The fourth-order valence-corrected chi connectivity index (χ4v) is 4.95. The van der Waals surface area contributed by atoms with Gasteiger partial charge in [0.05, 0.1) is 21.3 Å². The van der Waals surface area contributed by atoms with Crippen molar-refractivity contribution in [1.29, 1.82) is 0 Å². The van der Waals surface area contributed by atoms with Gasteiger partial charge in [-0.15, -0.1) is 0 Å². The van der Waals surface area contributed by atoms with E-state index in [9.17, 15) is 9.59 Å². The number of benzene rings is 2. The minimum Gasteiger partial charge on any atom is -0.493 e. The van der Waals surface area contributed by atoms with Crippen LogP contribution in [0.5, 0.6) is 11.5 Å². The Hall–Kier alpha value is -3.28. The molecule has 156 valence electrons. The highest BCUT2D eigenvalue weighted by molar-refractivity contribution is 5.99. The normalized spacial score (nSPS) is 26.3. The number of allylic oxidation sites excluding steroid dienone is 1. The molecule has 6 nitrogen and oxygen atoms in total. The van der Waals surface area contributed by atoms with Gasteiger partial charge in [0, 0.05) is 17.4 Å². The number of ether oxygens (including phenoxy) is 3. The number of fused-ring (bicyclic) bond motifs is 2. The maximum atomic E-state index is 13.2. The first-order chi connectivity index (χ1) is 14.5. The molecule has 1 amide bonds. The average Bonchev–Trinajstić information content (AvgIpc) is 3.39. The molecule has 30 heavy (non-hydrogen) atoms. The third-order valence-electron chi connectivity index (χ3n) is 6.27. The Bertz CT molecular complexity index is 986. The number of hydrogen-bond donors (Lipinski definition) is 1. The Labute approximate surface area is 175 Å². The second-order valence-electron chi connectivity index (χ2n) is 7.66. The smallest absolute Gasteiger partial charge is 0.332 e. The van der Waals surface area contributed by atoms with Crippen LogP contribution in [-0.4, -0.2) is 38.7 Å². The number of esters is 1. The number of amides is 1. The molecule has 2 aliphatic rings. The van der Waals surface area contributed by atoms with Crippen LogP contribution in [0.2, 0.25) is 0 Å². The van der Waals surface area contributed by atoms with Crippen molar-refractivity contribution in [3.8, 4) is 11.5 Å². The molecule has 0 saturated heterocycles. The monoisotopic (exact) mass is 407 g/mol. The molecule has 1 saturated carbocycles. The van der Waals surface area contributed by atoms with Crippen LogP contribution in [0.1, 0.15) is 28.3 Å². The van der Waals surface area contributed by atoms with E-state index >= 15 is 0 Å².